The van der Waals surface area contributed by atoms with Crippen LogP contribution < -0.4 is 0 Å². The van der Waals surface area contributed by atoms with Gasteiger partial charge in [0.1, 0.15) is 6.10 Å². The van der Waals surface area contributed by atoms with Gasteiger partial charge in [0.05, 0.1) is 12.7 Å². The van der Waals surface area contributed by atoms with Crippen molar-refractivity contribution in [3.63, 3.8) is 0 Å². The third kappa shape index (κ3) is 3.19. The lowest BCUT2D eigenvalue weighted by molar-refractivity contribution is -0.207. The molecule has 0 bridgehead atoms. The quantitative estimate of drug-likeness (QED) is 0.575. The molecule has 0 saturated carbocycles. The SMILES string of the molecule is CC1(C)OC2CC(COS(=O)(=O)C(F)(F)F)OC2O1. The molecule has 2 rings (SSSR count). The predicted octanol–water partition coefficient (Wildman–Crippen LogP) is 1.12. The van der Waals surface area contributed by atoms with Crippen molar-refractivity contribution >= 4 is 10.1 Å². The van der Waals surface area contributed by atoms with Crippen molar-refractivity contribution in [3.8, 4) is 0 Å². The molecule has 2 heterocycles. The number of halogens is 3. The first-order valence-corrected chi connectivity index (χ1v) is 6.88. The van der Waals surface area contributed by atoms with Crippen molar-refractivity contribution in [2.75, 3.05) is 6.61 Å². The van der Waals surface area contributed by atoms with E-state index in [0.29, 0.717) is 0 Å². The molecule has 0 amide bonds. The summed E-state index contributed by atoms with van der Waals surface area (Å²) in [5.41, 5.74) is -5.43. The van der Waals surface area contributed by atoms with Crippen LogP contribution in [0.3, 0.4) is 0 Å². The average Bonchev–Trinajstić information content (AvgIpc) is 2.66. The molecular weight excluding hydrogens is 293 g/mol. The highest BCUT2D eigenvalue weighted by atomic mass is 32.2. The zero-order chi connectivity index (χ0) is 14.5. The standard InChI is InChI=1S/C9H13F3O6S/c1-8(2)17-6-3-5(16-7(6)18-8)4-15-19(13,14)9(10,11)12/h5-7H,3-4H2,1-2H3. The summed E-state index contributed by atoms with van der Waals surface area (Å²) in [6.45, 7) is 2.63. The van der Waals surface area contributed by atoms with Gasteiger partial charge in [-0.2, -0.15) is 21.6 Å². The first-order valence-electron chi connectivity index (χ1n) is 5.47. The molecule has 0 spiro atoms. The monoisotopic (exact) mass is 306 g/mol. The first-order chi connectivity index (χ1) is 8.50. The molecule has 112 valence electrons. The van der Waals surface area contributed by atoms with E-state index in [1.54, 1.807) is 13.8 Å². The van der Waals surface area contributed by atoms with E-state index >= 15 is 0 Å². The summed E-state index contributed by atoms with van der Waals surface area (Å²) in [5.74, 6) is -0.820. The molecule has 0 aliphatic carbocycles. The lowest BCUT2D eigenvalue weighted by atomic mass is 10.2. The predicted molar refractivity (Wildman–Crippen MR) is 54.2 cm³/mol. The Morgan fingerprint density at radius 2 is 1.95 bits per heavy atom. The number of ether oxygens (including phenoxy) is 3. The summed E-state index contributed by atoms with van der Waals surface area (Å²) < 4.78 is 77.4. The van der Waals surface area contributed by atoms with Crippen LogP contribution in [0, 0.1) is 0 Å². The van der Waals surface area contributed by atoms with Crippen LogP contribution in [0.5, 0.6) is 0 Å². The highest BCUT2D eigenvalue weighted by Gasteiger charge is 2.51. The third-order valence-electron chi connectivity index (χ3n) is 2.65. The molecule has 6 nitrogen and oxygen atoms in total. The number of hydrogen-bond acceptors (Lipinski definition) is 6. The number of hydrogen-bond donors (Lipinski definition) is 0. The van der Waals surface area contributed by atoms with Crippen LogP contribution >= 0.6 is 0 Å². The molecule has 0 aromatic carbocycles. The minimum atomic E-state index is -5.59. The fourth-order valence-corrected chi connectivity index (χ4v) is 2.39. The zero-order valence-electron chi connectivity index (χ0n) is 10.1. The normalized spacial score (nSPS) is 34.5. The largest absolute Gasteiger partial charge is 0.523 e. The summed E-state index contributed by atoms with van der Waals surface area (Å²) >= 11 is 0. The van der Waals surface area contributed by atoms with Gasteiger partial charge in [0, 0.05) is 6.42 Å². The van der Waals surface area contributed by atoms with E-state index in [2.05, 4.69) is 4.18 Å². The van der Waals surface area contributed by atoms with Crippen molar-refractivity contribution < 1.29 is 40.0 Å². The van der Waals surface area contributed by atoms with Crippen LogP contribution in [-0.2, 0) is 28.5 Å². The zero-order valence-corrected chi connectivity index (χ0v) is 11.0. The van der Waals surface area contributed by atoms with Gasteiger partial charge in [0.15, 0.2) is 12.1 Å². The summed E-state index contributed by atoms with van der Waals surface area (Å²) in [7, 11) is -5.59. The Labute approximate surface area is 107 Å². The van der Waals surface area contributed by atoms with Crippen LogP contribution in [0.15, 0.2) is 0 Å². The van der Waals surface area contributed by atoms with Crippen LogP contribution in [0.2, 0.25) is 0 Å². The maximum atomic E-state index is 12.0. The van der Waals surface area contributed by atoms with Crippen LogP contribution in [0.25, 0.3) is 0 Å². The Balaban J connectivity index is 1.86. The molecule has 2 saturated heterocycles. The molecule has 2 aliphatic rings. The molecule has 10 heteroatoms. The first kappa shape index (κ1) is 15.0. The van der Waals surface area contributed by atoms with E-state index in [4.69, 9.17) is 14.2 Å². The lowest BCUT2D eigenvalue weighted by Crippen LogP contribution is -2.30. The van der Waals surface area contributed by atoms with Crippen molar-refractivity contribution in [1.82, 2.24) is 0 Å². The van der Waals surface area contributed by atoms with E-state index in [0.717, 1.165) is 0 Å². The molecule has 0 radical (unpaired) electrons. The second-order valence-electron chi connectivity index (χ2n) is 4.72. The Morgan fingerprint density at radius 3 is 2.47 bits per heavy atom. The van der Waals surface area contributed by atoms with Crippen molar-refractivity contribution in [2.45, 2.75) is 50.1 Å². The summed E-state index contributed by atoms with van der Waals surface area (Å²) in [6, 6.07) is 0. The topological polar surface area (TPSA) is 71.1 Å². The summed E-state index contributed by atoms with van der Waals surface area (Å²) in [5, 5.41) is 0. The van der Waals surface area contributed by atoms with Crippen molar-refractivity contribution in [1.29, 1.82) is 0 Å². The average molecular weight is 306 g/mol. The van der Waals surface area contributed by atoms with E-state index in [1.165, 1.54) is 0 Å². The Morgan fingerprint density at radius 1 is 1.32 bits per heavy atom. The maximum absolute atomic E-state index is 12.0. The van der Waals surface area contributed by atoms with Crippen LogP contribution in [0.4, 0.5) is 13.2 Å². The van der Waals surface area contributed by atoms with Gasteiger partial charge in [-0.25, -0.2) is 0 Å². The maximum Gasteiger partial charge on any atom is 0.523 e. The van der Waals surface area contributed by atoms with Gasteiger partial charge in [-0.1, -0.05) is 0 Å². The van der Waals surface area contributed by atoms with Gasteiger partial charge >= 0.3 is 15.6 Å². The second kappa shape index (κ2) is 4.55. The minimum absolute atomic E-state index is 0.210. The van der Waals surface area contributed by atoms with Crippen LogP contribution in [0.1, 0.15) is 20.3 Å². The van der Waals surface area contributed by atoms with E-state index in [9.17, 15) is 21.6 Å². The molecule has 2 aliphatic heterocycles. The minimum Gasteiger partial charge on any atom is -0.344 e. The number of fused-ring (bicyclic) bond motifs is 1. The number of rotatable bonds is 3. The highest BCUT2D eigenvalue weighted by Crippen LogP contribution is 2.37. The molecule has 3 unspecified atom stereocenters. The smallest absolute Gasteiger partial charge is 0.344 e. The van der Waals surface area contributed by atoms with Gasteiger partial charge in [-0.15, -0.1) is 0 Å². The van der Waals surface area contributed by atoms with Crippen molar-refractivity contribution in [2.24, 2.45) is 0 Å². The van der Waals surface area contributed by atoms with E-state index < -0.39 is 46.5 Å². The molecule has 0 aromatic heterocycles. The number of alkyl halides is 3. The fourth-order valence-electron chi connectivity index (χ4n) is 1.92. The van der Waals surface area contributed by atoms with Gasteiger partial charge in [0.2, 0.25) is 0 Å². The highest BCUT2D eigenvalue weighted by molar-refractivity contribution is 7.87. The molecular formula is C9H13F3O6S. The van der Waals surface area contributed by atoms with Gasteiger partial charge in [-0.3, -0.25) is 4.18 Å². The summed E-state index contributed by atoms with van der Waals surface area (Å²) in [4.78, 5) is 0. The Hall–Kier alpha value is -0.420. The van der Waals surface area contributed by atoms with Crippen molar-refractivity contribution in [3.05, 3.63) is 0 Å². The lowest BCUT2D eigenvalue weighted by Gasteiger charge is -2.20. The Kier molecular flexibility index (Phi) is 3.59. The summed E-state index contributed by atoms with van der Waals surface area (Å²) in [6.07, 6.45) is -1.75. The van der Waals surface area contributed by atoms with Crippen LogP contribution in [-0.4, -0.2) is 44.8 Å². The fraction of sp³-hybridized carbons (Fsp3) is 1.00. The molecule has 0 aromatic rings. The molecule has 3 atom stereocenters. The third-order valence-corrected chi connectivity index (χ3v) is 3.67. The molecule has 0 N–H and O–H groups in total. The second-order valence-corrected chi connectivity index (χ2v) is 6.33. The molecule has 19 heavy (non-hydrogen) atoms. The Bertz CT molecular complexity index is 429. The van der Waals surface area contributed by atoms with Gasteiger partial charge in [-0.05, 0) is 13.8 Å². The molecule has 2 fully saturated rings. The van der Waals surface area contributed by atoms with Gasteiger partial charge in [0.25, 0.3) is 0 Å². The van der Waals surface area contributed by atoms with E-state index in [-0.39, 0.29) is 6.42 Å². The van der Waals surface area contributed by atoms with E-state index in [1.807, 2.05) is 0 Å². The van der Waals surface area contributed by atoms with Gasteiger partial charge < -0.3 is 14.2 Å².